The van der Waals surface area contributed by atoms with Gasteiger partial charge >= 0.3 is 5.97 Å². The van der Waals surface area contributed by atoms with Gasteiger partial charge in [0.15, 0.2) is 14.7 Å². The Labute approximate surface area is 182 Å². The number of hydrogen-bond acceptors (Lipinski definition) is 2. The smallest absolute Gasteiger partial charge is 0.327 e. The summed E-state index contributed by atoms with van der Waals surface area (Å²) in [4.78, 5) is 16.3. The molecule has 1 aliphatic rings. The van der Waals surface area contributed by atoms with Gasteiger partial charge in [-0.25, -0.2) is 0 Å². The van der Waals surface area contributed by atoms with Crippen LogP contribution in [0.1, 0.15) is 25.7 Å². The van der Waals surface area contributed by atoms with E-state index in [4.69, 9.17) is 4.74 Å². The van der Waals surface area contributed by atoms with E-state index in [0.717, 1.165) is 25.7 Å². The zero-order valence-electron chi connectivity index (χ0n) is 15.5. The van der Waals surface area contributed by atoms with E-state index >= 15 is 0 Å². The number of halogens is 1. The Balaban J connectivity index is 1.59. The summed E-state index contributed by atoms with van der Waals surface area (Å²) >= 11 is 2.28. The van der Waals surface area contributed by atoms with E-state index in [1.807, 2.05) is 24.3 Å². The number of alkyl halides is 1. The highest BCUT2D eigenvalue weighted by Gasteiger charge is 2.40. The van der Waals surface area contributed by atoms with Crippen molar-refractivity contribution in [2.24, 2.45) is 0 Å². The lowest BCUT2D eigenvalue weighted by Crippen LogP contribution is -2.32. The normalized spacial score (nSPS) is 15.5. The molecule has 0 N–H and O–H groups in total. The Morgan fingerprint density at radius 2 is 1.21 bits per heavy atom. The molecule has 0 bridgehead atoms. The lowest BCUT2D eigenvalue weighted by atomic mass is 10.1. The van der Waals surface area contributed by atoms with E-state index in [2.05, 4.69) is 83.3 Å². The number of rotatable bonds is 5. The topological polar surface area (TPSA) is 26.3 Å². The van der Waals surface area contributed by atoms with Crippen molar-refractivity contribution in [1.82, 2.24) is 0 Å². The zero-order chi connectivity index (χ0) is 19.4. The van der Waals surface area contributed by atoms with Crippen LogP contribution in [0.25, 0.3) is 0 Å². The molecule has 0 heterocycles. The van der Waals surface area contributed by atoms with Crippen molar-refractivity contribution in [3.05, 3.63) is 84.9 Å². The molecule has 142 valence electrons. The second-order valence-corrected chi connectivity index (χ2v) is 11.1. The summed E-state index contributed by atoms with van der Waals surface area (Å²) in [6.07, 6.45) is 4.04. The SMILES string of the molecule is O=C(Oc1ccc([S+](c2ccccc2)c2ccccc2)cc1)C1(I)CCCC1. The van der Waals surface area contributed by atoms with Gasteiger partial charge in [0, 0.05) is 0 Å². The van der Waals surface area contributed by atoms with Crippen LogP contribution in [0.5, 0.6) is 5.75 Å². The molecule has 4 heteroatoms. The average molecular weight is 501 g/mol. The molecule has 0 radical (unpaired) electrons. The first kappa shape index (κ1) is 19.5. The maximum absolute atomic E-state index is 12.6. The third kappa shape index (κ3) is 4.28. The minimum Gasteiger partial charge on any atom is -0.426 e. The minimum absolute atomic E-state index is 0.108. The number of ether oxygens (including phenoxy) is 1. The lowest BCUT2D eigenvalue weighted by Gasteiger charge is -2.18. The van der Waals surface area contributed by atoms with Gasteiger partial charge in [0.2, 0.25) is 0 Å². The molecule has 0 aliphatic heterocycles. The first-order valence-corrected chi connectivity index (χ1v) is 11.8. The van der Waals surface area contributed by atoms with Gasteiger partial charge in [-0.3, -0.25) is 4.79 Å². The summed E-state index contributed by atoms with van der Waals surface area (Å²) in [5.41, 5.74) is 0. The summed E-state index contributed by atoms with van der Waals surface area (Å²) in [6, 6.07) is 29.1. The second-order valence-electron chi connectivity index (χ2n) is 6.97. The number of carbonyl (C=O) groups is 1. The van der Waals surface area contributed by atoms with E-state index in [9.17, 15) is 4.79 Å². The van der Waals surface area contributed by atoms with Gasteiger partial charge in [-0.2, -0.15) is 0 Å². The zero-order valence-corrected chi connectivity index (χ0v) is 18.5. The van der Waals surface area contributed by atoms with Gasteiger partial charge in [-0.15, -0.1) is 0 Å². The van der Waals surface area contributed by atoms with Gasteiger partial charge in [-0.1, -0.05) is 71.8 Å². The Hall–Kier alpha value is -1.79. The Bertz CT molecular complexity index is 880. The number of esters is 1. The van der Waals surface area contributed by atoms with Crippen LogP contribution in [-0.4, -0.2) is 9.39 Å². The molecule has 28 heavy (non-hydrogen) atoms. The van der Waals surface area contributed by atoms with Gasteiger partial charge in [0.25, 0.3) is 0 Å². The first-order chi connectivity index (χ1) is 13.7. The van der Waals surface area contributed by atoms with E-state index in [0.29, 0.717) is 5.75 Å². The minimum atomic E-state index is -0.352. The van der Waals surface area contributed by atoms with Crippen LogP contribution < -0.4 is 4.74 Å². The molecule has 3 aromatic carbocycles. The lowest BCUT2D eigenvalue weighted by molar-refractivity contribution is -0.136. The first-order valence-electron chi connectivity index (χ1n) is 9.51. The van der Waals surface area contributed by atoms with Crippen molar-refractivity contribution in [2.45, 2.75) is 43.8 Å². The van der Waals surface area contributed by atoms with Crippen LogP contribution in [0.15, 0.2) is 99.6 Å². The fourth-order valence-electron chi connectivity index (χ4n) is 3.50. The van der Waals surface area contributed by atoms with Gasteiger partial charge in [0.05, 0.1) is 10.9 Å². The monoisotopic (exact) mass is 501 g/mol. The fraction of sp³-hybridized carbons (Fsp3) is 0.208. The molecule has 4 rings (SSSR count). The highest BCUT2D eigenvalue weighted by Crippen LogP contribution is 2.39. The second kappa shape index (κ2) is 8.70. The van der Waals surface area contributed by atoms with E-state index in [-0.39, 0.29) is 20.3 Å². The van der Waals surface area contributed by atoms with Crippen molar-refractivity contribution in [2.75, 3.05) is 0 Å². The predicted octanol–water partition coefficient (Wildman–Crippen LogP) is 6.44. The highest BCUT2D eigenvalue weighted by molar-refractivity contribution is 14.1. The predicted molar refractivity (Wildman–Crippen MR) is 122 cm³/mol. The molecule has 3 aromatic rings. The number of benzene rings is 3. The molecule has 0 unspecified atom stereocenters. The molecular weight excluding hydrogens is 479 g/mol. The third-order valence-corrected chi connectivity index (χ3v) is 8.74. The van der Waals surface area contributed by atoms with Crippen molar-refractivity contribution in [3.8, 4) is 5.75 Å². The molecule has 1 aliphatic carbocycles. The summed E-state index contributed by atoms with van der Waals surface area (Å²) in [5.74, 6) is 0.518. The van der Waals surface area contributed by atoms with Crippen LogP contribution in [0.2, 0.25) is 0 Å². The van der Waals surface area contributed by atoms with E-state index in [1.165, 1.54) is 14.7 Å². The molecule has 0 saturated heterocycles. The maximum Gasteiger partial charge on any atom is 0.327 e. The molecule has 0 aromatic heterocycles. The average Bonchev–Trinajstić information content (AvgIpc) is 3.19. The van der Waals surface area contributed by atoms with Gasteiger partial charge < -0.3 is 4.74 Å². The molecule has 2 nitrogen and oxygen atoms in total. The molecule has 0 spiro atoms. The molecule has 1 saturated carbocycles. The van der Waals surface area contributed by atoms with Crippen LogP contribution in [0, 0.1) is 0 Å². The van der Waals surface area contributed by atoms with Crippen LogP contribution >= 0.6 is 22.6 Å². The standard InChI is InChI=1S/C24H22IO2S/c25-24(17-7-8-18-24)23(26)27-19-13-15-22(16-14-19)28(20-9-3-1-4-10-20)21-11-5-2-6-12-21/h1-6,9-16H,7-8,17-18H2/q+1. The number of carbonyl (C=O) groups excluding carboxylic acids is 1. The summed E-state index contributed by atoms with van der Waals surface area (Å²) in [7, 11) is -0.188. The van der Waals surface area contributed by atoms with Crippen molar-refractivity contribution < 1.29 is 9.53 Å². The molecule has 0 amide bonds. The van der Waals surface area contributed by atoms with Crippen LogP contribution in [0.3, 0.4) is 0 Å². The van der Waals surface area contributed by atoms with Gasteiger partial charge in [-0.05, 0) is 61.4 Å². The largest absolute Gasteiger partial charge is 0.426 e. The summed E-state index contributed by atoms with van der Waals surface area (Å²) < 4.78 is 5.35. The fourth-order valence-corrected chi connectivity index (χ4v) is 6.46. The van der Waals surface area contributed by atoms with E-state index in [1.54, 1.807) is 0 Å². The van der Waals surface area contributed by atoms with Crippen molar-refractivity contribution >= 4 is 39.5 Å². The quantitative estimate of drug-likeness (QED) is 0.132. The maximum atomic E-state index is 12.6. The third-order valence-electron chi connectivity index (χ3n) is 4.99. The Morgan fingerprint density at radius 3 is 1.71 bits per heavy atom. The van der Waals surface area contributed by atoms with Crippen molar-refractivity contribution in [1.29, 1.82) is 0 Å². The number of hydrogen-bond donors (Lipinski definition) is 0. The summed E-state index contributed by atoms with van der Waals surface area (Å²) in [6.45, 7) is 0. The van der Waals surface area contributed by atoms with Gasteiger partial charge in [0.1, 0.15) is 9.17 Å². The summed E-state index contributed by atoms with van der Waals surface area (Å²) in [5, 5.41) is 0. The molecule has 1 fully saturated rings. The molecule has 0 atom stereocenters. The van der Waals surface area contributed by atoms with Crippen LogP contribution in [0.4, 0.5) is 0 Å². The Morgan fingerprint density at radius 1 is 0.750 bits per heavy atom. The molecular formula is C24H22IO2S+. The van der Waals surface area contributed by atoms with Crippen molar-refractivity contribution in [3.63, 3.8) is 0 Å². The highest BCUT2D eigenvalue weighted by atomic mass is 127. The Kier molecular flexibility index (Phi) is 6.07. The van der Waals surface area contributed by atoms with Crippen LogP contribution in [-0.2, 0) is 15.7 Å². The van der Waals surface area contributed by atoms with E-state index < -0.39 is 0 Å².